The molecule has 0 saturated heterocycles. The predicted octanol–water partition coefficient (Wildman–Crippen LogP) is 2.48. The fraction of sp³-hybridized carbons (Fsp3) is 0.167. The van der Waals surface area contributed by atoms with E-state index in [0.29, 0.717) is 29.2 Å². The molecule has 2 aromatic carbocycles. The van der Waals surface area contributed by atoms with Crippen LogP contribution in [0.5, 0.6) is 11.5 Å². The highest BCUT2D eigenvalue weighted by Gasteiger charge is 2.08. The monoisotopic (exact) mass is 419 g/mol. The second kappa shape index (κ2) is 9.57. The fourth-order valence-corrected chi connectivity index (χ4v) is 2.24. The first-order valence-electron chi connectivity index (χ1n) is 7.76. The molecule has 0 heterocycles. The molecule has 7 nitrogen and oxygen atoms in total. The van der Waals surface area contributed by atoms with Crippen LogP contribution in [-0.4, -0.2) is 31.2 Å². The minimum absolute atomic E-state index is 0.239. The predicted molar refractivity (Wildman–Crippen MR) is 102 cm³/mol. The summed E-state index contributed by atoms with van der Waals surface area (Å²) in [5, 5.41) is 3.94. The molecule has 0 unspecified atom stereocenters. The Morgan fingerprint density at radius 2 is 1.88 bits per heavy atom. The fourth-order valence-electron chi connectivity index (χ4n) is 1.97. The average Bonchev–Trinajstić information content (AvgIpc) is 2.61. The lowest BCUT2D eigenvalue weighted by atomic mass is 10.2. The summed E-state index contributed by atoms with van der Waals surface area (Å²) in [5.41, 5.74) is 8.72. The van der Waals surface area contributed by atoms with E-state index in [1.54, 1.807) is 42.5 Å². The number of carbonyl (C=O) groups excluding carboxylic acids is 2. The van der Waals surface area contributed by atoms with Crippen molar-refractivity contribution in [3.8, 4) is 11.5 Å². The van der Waals surface area contributed by atoms with Gasteiger partial charge in [-0.3, -0.25) is 9.59 Å². The molecule has 0 fully saturated rings. The van der Waals surface area contributed by atoms with E-state index in [9.17, 15) is 9.59 Å². The number of nitrogens with two attached hydrogens (primary N) is 1. The standard InChI is InChI=1S/C18H18BrN3O4/c1-2-25-16-9-12(3-8-15(16)26-11-17(20)23)10-21-22-18(24)13-4-6-14(19)7-5-13/h3-10H,2,11H2,1H3,(H2,20,23)(H,22,24)/b21-10+. The van der Waals surface area contributed by atoms with Crippen LogP contribution in [0.3, 0.4) is 0 Å². The van der Waals surface area contributed by atoms with Gasteiger partial charge in [0.05, 0.1) is 12.8 Å². The van der Waals surface area contributed by atoms with Gasteiger partial charge in [-0.1, -0.05) is 15.9 Å². The lowest BCUT2D eigenvalue weighted by Crippen LogP contribution is -2.20. The summed E-state index contributed by atoms with van der Waals surface area (Å²) in [5.74, 6) is -0.0347. The van der Waals surface area contributed by atoms with Gasteiger partial charge >= 0.3 is 0 Å². The molecule has 0 aliphatic heterocycles. The average molecular weight is 420 g/mol. The molecule has 136 valence electrons. The SMILES string of the molecule is CCOc1cc(/C=N/NC(=O)c2ccc(Br)cc2)ccc1OCC(N)=O. The Bertz CT molecular complexity index is 807. The van der Waals surface area contributed by atoms with Crippen LogP contribution in [-0.2, 0) is 4.79 Å². The number of nitrogens with one attached hydrogen (secondary N) is 1. The molecule has 2 amide bonds. The normalized spacial score (nSPS) is 10.5. The van der Waals surface area contributed by atoms with Gasteiger partial charge in [-0.15, -0.1) is 0 Å². The minimum Gasteiger partial charge on any atom is -0.490 e. The molecule has 0 aliphatic carbocycles. The Kier molecular flexibility index (Phi) is 7.16. The Labute approximate surface area is 159 Å². The number of halogens is 1. The van der Waals surface area contributed by atoms with Gasteiger partial charge in [0.1, 0.15) is 0 Å². The van der Waals surface area contributed by atoms with Crippen molar-refractivity contribution in [3.63, 3.8) is 0 Å². The zero-order valence-electron chi connectivity index (χ0n) is 14.1. The molecule has 2 rings (SSSR count). The Morgan fingerprint density at radius 3 is 2.54 bits per heavy atom. The van der Waals surface area contributed by atoms with Crippen molar-refractivity contribution in [2.24, 2.45) is 10.8 Å². The molecule has 26 heavy (non-hydrogen) atoms. The summed E-state index contributed by atoms with van der Waals surface area (Å²) in [4.78, 5) is 22.8. The maximum Gasteiger partial charge on any atom is 0.271 e. The number of primary amides is 1. The van der Waals surface area contributed by atoms with E-state index >= 15 is 0 Å². The summed E-state index contributed by atoms with van der Waals surface area (Å²) in [6, 6.07) is 12.0. The third-order valence-electron chi connectivity index (χ3n) is 3.12. The molecular weight excluding hydrogens is 402 g/mol. The van der Waals surface area contributed by atoms with Crippen molar-refractivity contribution in [2.45, 2.75) is 6.92 Å². The molecule has 0 aliphatic rings. The van der Waals surface area contributed by atoms with Crippen LogP contribution in [0.2, 0.25) is 0 Å². The Balaban J connectivity index is 2.04. The van der Waals surface area contributed by atoms with Gasteiger partial charge in [0.25, 0.3) is 11.8 Å². The van der Waals surface area contributed by atoms with Crippen LogP contribution < -0.4 is 20.6 Å². The number of benzene rings is 2. The van der Waals surface area contributed by atoms with Crippen LogP contribution in [0.15, 0.2) is 52.0 Å². The highest BCUT2D eigenvalue weighted by atomic mass is 79.9. The molecule has 0 atom stereocenters. The third kappa shape index (κ3) is 5.89. The summed E-state index contributed by atoms with van der Waals surface area (Å²) in [6.45, 7) is 2.02. The molecule has 0 aromatic heterocycles. The number of amides is 2. The van der Waals surface area contributed by atoms with E-state index in [0.717, 1.165) is 4.47 Å². The number of rotatable bonds is 8. The van der Waals surface area contributed by atoms with Gasteiger partial charge in [-0.05, 0) is 55.0 Å². The summed E-state index contributed by atoms with van der Waals surface area (Å²) < 4.78 is 11.7. The lowest BCUT2D eigenvalue weighted by Gasteiger charge is -2.11. The minimum atomic E-state index is -0.575. The first kappa shape index (κ1) is 19.5. The quantitative estimate of drug-likeness (QED) is 0.506. The van der Waals surface area contributed by atoms with Gasteiger partial charge in [-0.25, -0.2) is 5.43 Å². The Hall–Kier alpha value is -2.87. The molecule has 0 radical (unpaired) electrons. The number of carbonyl (C=O) groups is 2. The maximum atomic E-state index is 12.0. The molecule has 0 saturated carbocycles. The van der Waals surface area contributed by atoms with E-state index in [1.165, 1.54) is 6.21 Å². The largest absolute Gasteiger partial charge is 0.490 e. The van der Waals surface area contributed by atoms with Crippen LogP contribution in [0.25, 0.3) is 0 Å². The first-order valence-corrected chi connectivity index (χ1v) is 8.56. The second-order valence-electron chi connectivity index (χ2n) is 5.10. The molecular formula is C18H18BrN3O4. The van der Waals surface area contributed by atoms with E-state index in [1.807, 2.05) is 6.92 Å². The van der Waals surface area contributed by atoms with Crippen molar-refractivity contribution in [3.05, 3.63) is 58.1 Å². The number of hydrogen-bond donors (Lipinski definition) is 2. The zero-order chi connectivity index (χ0) is 18.9. The third-order valence-corrected chi connectivity index (χ3v) is 3.65. The highest BCUT2D eigenvalue weighted by Crippen LogP contribution is 2.28. The van der Waals surface area contributed by atoms with E-state index in [4.69, 9.17) is 15.2 Å². The lowest BCUT2D eigenvalue weighted by molar-refractivity contribution is -0.119. The van der Waals surface area contributed by atoms with Crippen LogP contribution >= 0.6 is 15.9 Å². The van der Waals surface area contributed by atoms with Crippen LogP contribution in [0.4, 0.5) is 0 Å². The van der Waals surface area contributed by atoms with Gasteiger partial charge in [-0.2, -0.15) is 5.10 Å². The van der Waals surface area contributed by atoms with Crippen molar-refractivity contribution in [2.75, 3.05) is 13.2 Å². The van der Waals surface area contributed by atoms with Crippen LogP contribution in [0.1, 0.15) is 22.8 Å². The van der Waals surface area contributed by atoms with Crippen molar-refractivity contribution in [1.29, 1.82) is 0 Å². The number of nitrogens with zero attached hydrogens (tertiary/aromatic N) is 1. The summed E-state index contributed by atoms with van der Waals surface area (Å²) >= 11 is 3.31. The van der Waals surface area contributed by atoms with Crippen molar-refractivity contribution >= 4 is 34.0 Å². The zero-order valence-corrected chi connectivity index (χ0v) is 15.7. The number of hydrazone groups is 1. The van der Waals surface area contributed by atoms with E-state index in [-0.39, 0.29) is 12.5 Å². The topological polar surface area (TPSA) is 103 Å². The Morgan fingerprint density at radius 1 is 1.15 bits per heavy atom. The van der Waals surface area contributed by atoms with E-state index in [2.05, 4.69) is 26.5 Å². The molecule has 0 bridgehead atoms. The molecule has 0 spiro atoms. The summed E-state index contributed by atoms with van der Waals surface area (Å²) in [6.07, 6.45) is 1.48. The second-order valence-corrected chi connectivity index (χ2v) is 6.02. The number of hydrogen-bond acceptors (Lipinski definition) is 5. The maximum absolute atomic E-state index is 12.0. The molecule has 3 N–H and O–H groups in total. The number of ether oxygens (including phenoxy) is 2. The molecule has 2 aromatic rings. The van der Waals surface area contributed by atoms with Gasteiger partial charge in [0.15, 0.2) is 18.1 Å². The first-order chi connectivity index (χ1) is 12.5. The van der Waals surface area contributed by atoms with Crippen molar-refractivity contribution < 1.29 is 19.1 Å². The highest BCUT2D eigenvalue weighted by molar-refractivity contribution is 9.10. The smallest absolute Gasteiger partial charge is 0.271 e. The van der Waals surface area contributed by atoms with Gasteiger partial charge < -0.3 is 15.2 Å². The van der Waals surface area contributed by atoms with Crippen LogP contribution in [0, 0.1) is 0 Å². The summed E-state index contributed by atoms with van der Waals surface area (Å²) in [7, 11) is 0. The van der Waals surface area contributed by atoms with E-state index < -0.39 is 5.91 Å². The van der Waals surface area contributed by atoms with Gasteiger partial charge in [0, 0.05) is 10.0 Å². The van der Waals surface area contributed by atoms with Crippen molar-refractivity contribution in [1.82, 2.24) is 5.43 Å². The van der Waals surface area contributed by atoms with Gasteiger partial charge in [0.2, 0.25) is 0 Å². The molecule has 8 heteroatoms.